The Hall–Kier alpha value is -2.03. The molecule has 9 atom stereocenters. The van der Waals surface area contributed by atoms with Gasteiger partial charge in [0.1, 0.15) is 6.10 Å². The van der Waals surface area contributed by atoms with Gasteiger partial charge < -0.3 is 24.8 Å². The van der Waals surface area contributed by atoms with Gasteiger partial charge in [0.15, 0.2) is 11.4 Å². The van der Waals surface area contributed by atoms with Crippen LogP contribution in [0.2, 0.25) is 0 Å². The van der Waals surface area contributed by atoms with E-state index < -0.39 is 64.2 Å². The molecule has 0 amide bonds. The highest BCUT2D eigenvalue weighted by molar-refractivity contribution is 6.00. The second kappa shape index (κ2) is 15.5. The first-order chi connectivity index (χ1) is 21.9. The summed E-state index contributed by atoms with van der Waals surface area (Å²) in [6.45, 7) is 8.29. The molecule has 4 aliphatic carbocycles. The zero-order valence-electron chi connectivity index (χ0n) is 29.0. The van der Waals surface area contributed by atoms with Crippen molar-refractivity contribution in [1.82, 2.24) is 0 Å². The molecule has 3 N–H and O–H groups in total. The van der Waals surface area contributed by atoms with Crippen LogP contribution in [-0.4, -0.2) is 63.6 Å². The lowest BCUT2D eigenvalue weighted by molar-refractivity contribution is -0.220. The molecule has 46 heavy (non-hydrogen) atoms. The van der Waals surface area contributed by atoms with Crippen LogP contribution in [0.15, 0.2) is 23.3 Å². The Morgan fingerprint density at radius 3 is 2.00 bits per heavy atom. The van der Waals surface area contributed by atoms with Gasteiger partial charge in [0, 0.05) is 48.3 Å². The number of ether oxygens (including phenoxy) is 2. The summed E-state index contributed by atoms with van der Waals surface area (Å²) in [6.07, 6.45) is 18.8. The highest BCUT2D eigenvalue weighted by Gasteiger charge is 2.88. The number of allylic oxidation sites excluding steroid dienone is 1. The fourth-order valence-corrected chi connectivity index (χ4v) is 9.51. The smallest absolute Gasteiger partial charge is 0.306 e. The van der Waals surface area contributed by atoms with E-state index in [0.717, 1.165) is 19.3 Å². The minimum absolute atomic E-state index is 0.0564. The van der Waals surface area contributed by atoms with Crippen LogP contribution in [0.3, 0.4) is 0 Å². The quantitative estimate of drug-likeness (QED) is 0.0889. The van der Waals surface area contributed by atoms with Crippen molar-refractivity contribution in [3.05, 3.63) is 23.3 Å². The molecule has 8 heteroatoms. The third-order valence-electron chi connectivity index (χ3n) is 12.1. The summed E-state index contributed by atoms with van der Waals surface area (Å²) in [5, 5.41) is 33.7. The zero-order valence-corrected chi connectivity index (χ0v) is 29.0. The van der Waals surface area contributed by atoms with Crippen LogP contribution in [0.4, 0.5) is 0 Å². The third-order valence-corrected chi connectivity index (χ3v) is 12.1. The standard InChI is InChI=1S/C38H60O8/c1-6-7-8-9-10-11-12-13-14-15-16-17-18-19-32(42)45-35-26(3)37(44)30-20-25(2)33(43)29(30)21-28(23-39)22-31(37)34-36(5,24-40)38(34,35)46-27(4)41/h20,22,26,29-31,34-35,39-40,44H,6-19,21,23-24H2,1-5H3/t26-,29+,30-,31+,34-,35-,36-,37+,38-/m1/s1. The number of hydrogen-bond acceptors (Lipinski definition) is 8. The molecule has 0 aromatic heterocycles. The van der Waals surface area contributed by atoms with E-state index in [2.05, 4.69) is 6.92 Å². The SMILES string of the molecule is CCCCCCCCCCCCCCCC(=O)O[C@@H]1[C@@H](C)[C@]2(O)[C@@H]3C=C(C)C(=O)[C@H]3CC(CO)=C[C@H]2[C@H]2[C@]1(OC(C)=O)[C@]2(C)CO. The van der Waals surface area contributed by atoms with Crippen molar-refractivity contribution in [2.24, 2.45) is 35.0 Å². The van der Waals surface area contributed by atoms with E-state index in [0.29, 0.717) is 24.0 Å². The minimum atomic E-state index is -1.53. The maximum Gasteiger partial charge on any atom is 0.306 e. The monoisotopic (exact) mass is 644 g/mol. The first kappa shape index (κ1) is 36.8. The average Bonchev–Trinajstić information content (AvgIpc) is 3.47. The minimum Gasteiger partial charge on any atom is -0.458 e. The summed E-state index contributed by atoms with van der Waals surface area (Å²) in [6, 6.07) is 0. The van der Waals surface area contributed by atoms with E-state index in [1.54, 1.807) is 13.8 Å². The van der Waals surface area contributed by atoms with Gasteiger partial charge >= 0.3 is 11.9 Å². The lowest BCUT2D eigenvalue weighted by Gasteiger charge is -2.52. The molecule has 4 rings (SSSR count). The Bertz CT molecular complexity index is 1160. The predicted octanol–water partition coefficient (Wildman–Crippen LogP) is 6.39. The summed E-state index contributed by atoms with van der Waals surface area (Å²) < 4.78 is 12.3. The van der Waals surface area contributed by atoms with E-state index in [4.69, 9.17) is 9.47 Å². The summed E-state index contributed by atoms with van der Waals surface area (Å²) in [4.78, 5) is 39.2. The van der Waals surface area contributed by atoms with E-state index in [1.165, 1.54) is 64.7 Å². The molecule has 8 nitrogen and oxygen atoms in total. The van der Waals surface area contributed by atoms with Gasteiger partial charge in [0.2, 0.25) is 0 Å². The van der Waals surface area contributed by atoms with Crippen LogP contribution in [0.25, 0.3) is 0 Å². The van der Waals surface area contributed by atoms with Gasteiger partial charge in [-0.25, -0.2) is 0 Å². The van der Waals surface area contributed by atoms with Crippen molar-refractivity contribution >= 4 is 17.7 Å². The molecule has 0 unspecified atom stereocenters. The van der Waals surface area contributed by atoms with Crippen molar-refractivity contribution in [2.45, 2.75) is 148 Å². The fourth-order valence-electron chi connectivity index (χ4n) is 9.51. The van der Waals surface area contributed by atoms with Crippen LogP contribution in [-0.2, 0) is 23.9 Å². The van der Waals surface area contributed by atoms with Crippen molar-refractivity contribution < 1.29 is 39.2 Å². The number of rotatable bonds is 18. The van der Waals surface area contributed by atoms with Crippen LogP contribution >= 0.6 is 0 Å². The van der Waals surface area contributed by atoms with Crippen LogP contribution < -0.4 is 0 Å². The van der Waals surface area contributed by atoms with E-state index in [9.17, 15) is 29.7 Å². The number of Topliss-reactive ketones (excluding diaryl/α,β-unsaturated/α-hetero) is 1. The second-order valence-electron chi connectivity index (χ2n) is 15.1. The number of aliphatic hydroxyl groups excluding tert-OH is 2. The van der Waals surface area contributed by atoms with Crippen molar-refractivity contribution in [3.8, 4) is 0 Å². The first-order valence-corrected chi connectivity index (χ1v) is 18.2. The van der Waals surface area contributed by atoms with Crippen LogP contribution in [0.5, 0.6) is 0 Å². The Morgan fingerprint density at radius 2 is 1.48 bits per heavy atom. The normalized spacial score (nSPS) is 36.1. The van der Waals surface area contributed by atoms with Crippen molar-refractivity contribution in [2.75, 3.05) is 13.2 Å². The summed E-state index contributed by atoms with van der Waals surface area (Å²) in [7, 11) is 0. The largest absolute Gasteiger partial charge is 0.458 e. The fraction of sp³-hybridized carbons (Fsp3) is 0.816. The molecular weight excluding hydrogens is 584 g/mol. The molecule has 0 aliphatic heterocycles. The molecule has 2 fully saturated rings. The van der Waals surface area contributed by atoms with E-state index in [-0.39, 0.29) is 25.4 Å². The Kier molecular flexibility index (Phi) is 12.4. The summed E-state index contributed by atoms with van der Waals surface area (Å²) in [5.74, 6) is -4.07. The molecule has 2 saturated carbocycles. The maximum atomic E-state index is 13.4. The molecular formula is C38H60O8. The summed E-state index contributed by atoms with van der Waals surface area (Å²) in [5.41, 5.74) is -2.66. The highest BCUT2D eigenvalue weighted by Crippen LogP contribution is 2.76. The Balaban J connectivity index is 1.43. The molecule has 260 valence electrons. The van der Waals surface area contributed by atoms with Gasteiger partial charge in [-0.15, -0.1) is 0 Å². The molecule has 0 radical (unpaired) electrons. The molecule has 0 aromatic carbocycles. The lowest BCUT2D eigenvalue weighted by Crippen LogP contribution is -2.63. The average molecular weight is 645 g/mol. The number of fused-ring (bicyclic) bond motifs is 5. The lowest BCUT2D eigenvalue weighted by atomic mass is 9.60. The number of ketones is 1. The van der Waals surface area contributed by atoms with Crippen molar-refractivity contribution in [1.29, 1.82) is 0 Å². The molecule has 0 bridgehead atoms. The highest BCUT2D eigenvalue weighted by atomic mass is 16.6. The van der Waals surface area contributed by atoms with Gasteiger partial charge in [-0.2, -0.15) is 0 Å². The molecule has 0 spiro atoms. The van der Waals surface area contributed by atoms with Crippen LogP contribution in [0.1, 0.15) is 131 Å². The first-order valence-electron chi connectivity index (χ1n) is 18.2. The van der Waals surface area contributed by atoms with Gasteiger partial charge in [-0.3, -0.25) is 14.4 Å². The number of aliphatic hydroxyl groups is 3. The Morgan fingerprint density at radius 1 is 0.913 bits per heavy atom. The number of carbonyl (C=O) groups is 3. The predicted molar refractivity (Wildman–Crippen MR) is 177 cm³/mol. The zero-order chi connectivity index (χ0) is 33.7. The summed E-state index contributed by atoms with van der Waals surface area (Å²) >= 11 is 0. The maximum absolute atomic E-state index is 13.4. The van der Waals surface area contributed by atoms with Gasteiger partial charge in [-0.05, 0) is 30.9 Å². The third kappa shape index (κ3) is 6.78. The molecule has 0 saturated heterocycles. The molecule has 0 aromatic rings. The van der Waals surface area contributed by atoms with E-state index in [1.807, 2.05) is 19.1 Å². The van der Waals surface area contributed by atoms with Gasteiger partial charge in [-0.1, -0.05) is 110 Å². The molecule has 0 heterocycles. The Labute approximate surface area is 276 Å². The number of esters is 2. The van der Waals surface area contributed by atoms with Gasteiger partial charge in [0.25, 0.3) is 0 Å². The van der Waals surface area contributed by atoms with Gasteiger partial charge in [0.05, 0.1) is 18.8 Å². The number of hydrogen-bond donors (Lipinski definition) is 3. The topological polar surface area (TPSA) is 130 Å². The number of unbranched alkanes of at least 4 members (excludes halogenated alkanes) is 12. The second-order valence-corrected chi connectivity index (χ2v) is 15.1. The molecule has 4 aliphatic rings. The van der Waals surface area contributed by atoms with E-state index >= 15 is 0 Å². The van der Waals surface area contributed by atoms with Crippen LogP contribution in [0, 0.1) is 35.0 Å². The number of carbonyl (C=O) groups excluding carboxylic acids is 3. The van der Waals surface area contributed by atoms with Crippen molar-refractivity contribution in [3.63, 3.8) is 0 Å².